The molecule has 0 fully saturated rings. The second kappa shape index (κ2) is 6.03. The molecule has 1 nitrogen and oxygen atoms in total. The number of hydrogen-bond acceptors (Lipinski definition) is 1. The van der Waals surface area contributed by atoms with Crippen LogP contribution in [-0.2, 0) is 6.42 Å². The van der Waals surface area contributed by atoms with Crippen LogP contribution in [0.3, 0.4) is 0 Å². The lowest BCUT2D eigenvalue weighted by Crippen LogP contribution is -2.18. The summed E-state index contributed by atoms with van der Waals surface area (Å²) in [5.74, 6) is 0. The average molecular weight is 253 g/mol. The predicted octanol–water partition coefficient (Wildman–Crippen LogP) is 4.17. The fraction of sp³-hybridized carbons (Fsp3) is 0.333. The molecule has 0 radical (unpaired) electrons. The lowest BCUT2D eigenvalue weighted by Gasteiger charge is -2.20. The zero-order valence-corrected chi connectivity index (χ0v) is 12.3. The van der Waals surface area contributed by atoms with Crippen LogP contribution in [-0.4, -0.2) is 7.05 Å². The summed E-state index contributed by atoms with van der Waals surface area (Å²) in [4.78, 5) is 0. The van der Waals surface area contributed by atoms with Crippen molar-refractivity contribution in [3.63, 3.8) is 0 Å². The molecule has 0 aliphatic heterocycles. The Morgan fingerprint density at radius 3 is 2.26 bits per heavy atom. The van der Waals surface area contributed by atoms with E-state index in [9.17, 15) is 0 Å². The largest absolute Gasteiger partial charge is 0.309 e. The van der Waals surface area contributed by atoms with Gasteiger partial charge in [-0.05, 0) is 49.6 Å². The third kappa shape index (κ3) is 3.05. The second-order valence-corrected chi connectivity index (χ2v) is 5.18. The summed E-state index contributed by atoms with van der Waals surface area (Å²) < 4.78 is 0. The molecule has 0 bridgehead atoms. The van der Waals surface area contributed by atoms with Gasteiger partial charge in [0.25, 0.3) is 0 Å². The van der Waals surface area contributed by atoms with Crippen molar-refractivity contribution in [2.24, 2.45) is 0 Å². The first-order valence-electron chi connectivity index (χ1n) is 6.99. The first-order chi connectivity index (χ1) is 9.15. The van der Waals surface area contributed by atoms with Crippen molar-refractivity contribution in [3.8, 4) is 0 Å². The number of rotatable bonds is 4. The van der Waals surface area contributed by atoms with Crippen LogP contribution in [0.25, 0.3) is 0 Å². The molecule has 0 aliphatic carbocycles. The van der Waals surface area contributed by atoms with Gasteiger partial charge in [0.05, 0.1) is 6.04 Å². The highest BCUT2D eigenvalue weighted by molar-refractivity contribution is 5.39. The van der Waals surface area contributed by atoms with E-state index in [1.165, 1.54) is 27.8 Å². The molecule has 1 atom stereocenters. The van der Waals surface area contributed by atoms with E-state index in [0.717, 1.165) is 6.42 Å². The van der Waals surface area contributed by atoms with Crippen molar-refractivity contribution in [1.29, 1.82) is 0 Å². The molecule has 1 heteroatoms. The Kier molecular flexibility index (Phi) is 4.39. The Morgan fingerprint density at radius 1 is 1.00 bits per heavy atom. The van der Waals surface area contributed by atoms with Gasteiger partial charge in [0.1, 0.15) is 0 Å². The highest BCUT2D eigenvalue weighted by Gasteiger charge is 2.14. The minimum atomic E-state index is 0.269. The van der Waals surface area contributed by atoms with Crippen molar-refractivity contribution in [3.05, 3.63) is 70.3 Å². The SMILES string of the molecule is CCc1ccc(C(NC)c2cc(C)ccc2C)cc1. The van der Waals surface area contributed by atoms with Crippen molar-refractivity contribution in [2.75, 3.05) is 7.05 Å². The standard InChI is InChI=1S/C18H23N/c1-5-15-8-10-16(11-9-15)18(19-4)17-12-13(2)6-7-14(17)3/h6-12,18-19H,5H2,1-4H3. The number of aryl methyl sites for hydroxylation is 3. The van der Waals surface area contributed by atoms with Crippen LogP contribution in [0, 0.1) is 13.8 Å². The van der Waals surface area contributed by atoms with Gasteiger partial charge in [-0.1, -0.05) is 55.0 Å². The Bertz CT molecular complexity index is 540. The molecule has 2 rings (SSSR count). The van der Waals surface area contributed by atoms with E-state index >= 15 is 0 Å². The summed E-state index contributed by atoms with van der Waals surface area (Å²) >= 11 is 0. The number of hydrogen-bond donors (Lipinski definition) is 1. The Labute approximate surface area is 116 Å². The summed E-state index contributed by atoms with van der Waals surface area (Å²) in [6.07, 6.45) is 1.09. The van der Waals surface area contributed by atoms with Gasteiger partial charge in [-0.2, -0.15) is 0 Å². The maximum atomic E-state index is 3.44. The number of benzene rings is 2. The molecule has 0 heterocycles. The summed E-state index contributed by atoms with van der Waals surface area (Å²) in [6, 6.07) is 15.9. The van der Waals surface area contributed by atoms with E-state index in [1.807, 2.05) is 7.05 Å². The highest BCUT2D eigenvalue weighted by atomic mass is 14.9. The lowest BCUT2D eigenvalue weighted by molar-refractivity contribution is 0.686. The molecule has 2 aromatic rings. The molecular weight excluding hydrogens is 230 g/mol. The van der Waals surface area contributed by atoms with Crippen LogP contribution in [0.1, 0.15) is 40.8 Å². The normalized spacial score (nSPS) is 12.4. The highest BCUT2D eigenvalue weighted by Crippen LogP contribution is 2.25. The summed E-state index contributed by atoms with van der Waals surface area (Å²) in [7, 11) is 2.03. The Hall–Kier alpha value is -1.60. The molecular formula is C18H23N. The van der Waals surface area contributed by atoms with E-state index in [1.54, 1.807) is 0 Å². The second-order valence-electron chi connectivity index (χ2n) is 5.18. The minimum absolute atomic E-state index is 0.269. The van der Waals surface area contributed by atoms with E-state index in [-0.39, 0.29) is 6.04 Å². The summed E-state index contributed by atoms with van der Waals surface area (Å²) in [5.41, 5.74) is 6.73. The maximum Gasteiger partial charge on any atom is 0.0576 e. The smallest absolute Gasteiger partial charge is 0.0576 e. The quantitative estimate of drug-likeness (QED) is 0.862. The molecule has 0 aliphatic rings. The fourth-order valence-corrected chi connectivity index (χ4v) is 2.52. The molecule has 0 aromatic heterocycles. The number of nitrogens with one attached hydrogen (secondary N) is 1. The molecule has 19 heavy (non-hydrogen) atoms. The van der Waals surface area contributed by atoms with Crippen LogP contribution < -0.4 is 5.32 Å². The van der Waals surface area contributed by atoms with Crippen molar-refractivity contribution < 1.29 is 0 Å². The van der Waals surface area contributed by atoms with Gasteiger partial charge in [0, 0.05) is 0 Å². The first kappa shape index (κ1) is 13.8. The molecule has 0 spiro atoms. The predicted molar refractivity (Wildman–Crippen MR) is 82.6 cm³/mol. The third-order valence-electron chi connectivity index (χ3n) is 3.76. The topological polar surface area (TPSA) is 12.0 Å². The van der Waals surface area contributed by atoms with E-state index in [4.69, 9.17) is 0 Å². The molecule has 1 N–H and O–H groups in total. The van der Waals surface area contributed by atoms with Crippen LogP contribution in [0.2, 0.25) is 0 Å². The maximum absolute atomic E-state index is 3.44. The van der Waals surface area contributed by atoms with Crippen molar-refractivity contribution >= 4 is 0 Å². The van der Waals surface area contributed by atoms with Gasteiger partial charge in [0.15, 0.2) is 0 Å². The van der Waals surface area contributed by atoms with Gasteiger partial charge in [-0.3, -0.25) is 0 Å². The van der Waals surface area contributed by atoms with Crippen LogP contribution in [0.15, 0.2) is 42.5 Å². The van der Waals surface area contributed by atoms with Gasteiger partial charge in [-0.15, -0.1) is 0 Å². The van der Waals surface area contributed by atoms with Gasteiger partial charge < -0.3 is 5.32 Å². The van der Waals surface area contributed by atoms with Gasteiger partial charge in [0.2, 0.25) is 0 Å². The van der Waals surface area contributed by atoms with Crippen molar-refractivity contribution in [1.82, 2.24) is 5.32 Å². The van der Waals surface area contributed by atoms with Crippen LogP contribution in [0.5, 0.6) is 0 Å². The fourth-order valence-electron chi connectivity index (χ4n) is 2.52. The van der Waals surface area contributed by atoms with Crippen molar-refractivity contribution in [2.45, 2.75) is 33.2 Å². The van der Waals surface area contributed by atoms with Gasteiger partial charge >= 0.3 is 0 Å². The molecule has 0 amide bonds. The lowest BCUT2D eigenvalue weighted by atomic mass is 9.93. The Morgan fingerprint density at radius 2 is 1.68 bits per heavy atom. The zero-order chi connectivity index (χ0) is 13.8. The molecule has 0 saturated heterocycles. The van der Waals surface area contributed by atoms with E-state index in [0.29, 0.717) is 0 Å². The van der Waals surface area contributed by atoms with Gasteiger partial charge in [-0.25, -0.2) is 0 Å². The van der Waals surface area contributed by atoms with Crippen LogP contribution >= 0.6 is 0 Å². The molecule has 100 valence electrons. The minimum Gasteiger partial charge on any atom is -0.309 e. The average Bonchev–Trinajstić information content (AvgIpc) is 2.44. The third-order valence-corrected chi connectivity index (χ3v) is 3.76. The van der Waals surface area contributed by atoms with E-state index < -0.39 is 0 Å². The summed E-state index contributed by atoms with van der Waals surface area (Å²) in [6.45, 7) is 6.52. The molecule has 2 aromatic carbocycles. The molecule has 1 unspecified atom stereocenters. The molecule has 0 saturated carbocycles. The monoisotopic (exact) mass is 253 g/mol. The van der Waals surface area contributed by atoms with Crippen LogP contribution in [0.4, 0.5) is 0 Å². The first-order valence-corrected chi connectivity index (χ1v) is 6.99. The Balaban J connectivity index is 2.40. The zero-order valence-electron chi connectivity index (χ0n) is 12.3. The summed E-state index contributed by atoms with van der Waals surface area (Å²) in [5, 5.41) is 3.44. The van der Waals surface area contributed by atoms with E-state index in [2.05, 4.69) is 68.6 Å².